The number of halogens is 1. The van der Waals surface area contributed by atoms with Crippen LogP contribution in [0.4, 0.5) is 11.4 Å². The zero-order chi connectivity index (χ0) is 13.7. The molecule has 3 nitrogen and oxygen atoms in total. The Balaban J connectivity index is 1.71. The maximum Gasteiger partial charge on any atom is 0.0574 e. The number of hydrogen-bond acceptors (Lipinski definition) is 3. The fraction of sp³-hybridized carbons (Fsp3) is 0.600. The number of likely N-dealkylation sites (tertiary alicyclic amines) is 1. The lowest BCUT2D eigenvalue weighted by Gasteiger charge is -2.33. The Morgan fingerprint density at radius 3 is 3.00 bits per heavy atom. The molecule has 0 bridgehead atoms. The maximum absolute atomic E-state index is 5.99. The second-order valence-corrected chi connectivity index (χ2v) is 6.64. The van der Waals surface area contributed by atoms with Gasteiger partial charge in [0.05, 0.1) is 11.4 Å². The van der Waals surface area contributed by atoms with Crippen molar-refractivity contribution < 1.29 is 0 Å². The van der Waals surface area contributed by atoms with Crippen LogP contribution in [-0.4, -0.2) is 30.6 Å². The van der Waals surface area contributed by atoms with Gasteiger partial charge < -0.3 is 16.0 Å². The number of nitrogens with one attached hydrogen (secondary N) is 1. The summed E-state index contributed by atoms with van der Waals surface area (Å²) in [4.78, 5) is 2.61. The van der Waals surface area contributed by atoms with E-state index in [0.29, 0.717) is 0 Å². The first-order valence-corrected chi connectivity index (χ1v) is 8.27. The highest BCUT2D eigenvalue weighted by Crippen LogP contribution is 2.21. The number of rotatable bonds is 5. The molecule has 1 aromatic rings. The average Bonchev–Trinajstić information content (AvgIpc) is 2.38. The molecular weight excluding hydrogens is 349 g/mol. The van der Waals surface area contributed by atoms with E-state index in [-0.39, 0.29) is 0 Å². The van der Waals surface area contributed by atoms with E-state index in [2.05, 4.69) is 51.9 Å². The average molecular weight is 373 g/mol. The normalized spacial score (nSPS) is 20.4. The standard InChI is InChI=1S/C15H24IN3/c1-12-5-2-3-9-19(12)10-4-8-18-15-7-6-13(16)11-14(15)17/h6-7,11-12,18H,2-5,8-10,17H2,1H3. The summed E-state index contributed by atoms with van der Waals surface area (Å²) in [5, 5.41) is 3.44. The van der Waals surface area contributed by atoms with Gasteiger partial charge in [-0.2, -0.15) is 0 Å². The van der Waals surface area contributed by atoms with Crippen LogP contribution in [0.2, 0.25) is 0 Å². The number of nitrogens with two attached hydrogens (primary N) is 1. The Bertz CT molecular complexity index is 408. The van der Waals surface area contributed by atoms with E-state index < -0.39 is 0 Å². The smallest absolute Gasteiger partial charge is 0.0574 e. The van der Waals surface area contributed by atoms with Crippen LogP contribution in [0, 0.1) is 3.57 Å². The van der Waals surface area contributed by atoms with Crippen molar-refractivity contribution in [3.8, 4) is 0 Å². The number of piperidine rings is 1. The van der Waals surface area contributed by atoms with E-state index in [0.717, 1.165) is 24.0 Å². The summed E-state index contributed by atoms with van der Waals surface area (Å²) in [6.45, 7) is 5.81. The highest BCUT2D eigenvalue weighted by molar-refractivity contribution is 14.1. The third kappa shape index (κ3) is 4.53. The Hall–Kier alpha value is -0.490. The molecule has 2 rings (SSSR count). The Labute approximate surface area is 130 Å². The number of nitrogen functional groups attached to an aromatic ring is 1. The second kappa shape index (κ2) is 7.33. The van der Waals surface area contributed by atoms with Gasteiger partial charge in [-0.3, -0.25) is 0 Å². The third-order valence-corrected chi connectivity index (χ3v) is 4.56. The Kier molecular flexibility index (Phi) is 5.76. The van der Waals surface area contributed by atoms with E-state index in [1.54, 1.807) is 0 Å². The van der Waals surface area contributed by atoms with Gasteiger partial charge in [-0.15, -0.1) is 0 Å². The van der Waals surface area contributed by atoms with Gasteiger partial charge in [0.25, 0.3) is 0 Å². The molecule has 19 heavy (non-hydrogen) atoms. The summed E-state index contributed by atoms with van der Waals surface area (Å²) in [6.07, 6.45) is 5.30. The van der Waals surface area contributed by atoms with Gasteiger partial charge in [0, 0.05) is 22.7 Å². The molecule has 0 aromatic heterocycles. The van der Waals surface area contributed by atoms with E-state index in [1.807, 2.05) is 6.07 Å². The summed E-state index contributed by atoms with van der Waals surface area (Å²) in [6, 6.07) is 6.93. The lowest BCUT2D eigenvalue weighted by Crippen LogP contribution is -2.38. The molecule has 1 unspecified atom stereocenters. The molecule has 4 heteroatoms. The van der Waals surface area contributed by atoms with Crippen LogP contribution >= 0.6 is 22.6 Å². The molecule has 1 saturated heterocycles. The monoisotopic (exact) mass is 373 g/mol. The highest BCUT2D eigenvalue weighted by atomic mass is 127. The van der Waals surface area contributed by atoms with Gasteiger partial charge in [-0.25, -0.2) is 0 Å². The topological polar surface area (TPSA) is 41.3 Å². The zero-order valence-electron chi connectivity index (χ0n) is 11.7. The summed E-state index contributed by atoms with van der Waals surface area (Å²) >= 11 is 2.28. The molecule has 1 aromatic carbocycles. The molecule has 3 N–H and O–H groups in total. The molecule has 1 fully saturated rings. The number of anilines is 2. The van der Waals surface area contributed by atoms with Gasteiger partial charge in [0.15, 0.2) is 0 Å². The van der Waals surface area contributed by atoms with Crippen molar-refractivity contribution in [3.05, 3.63) is 21.8 Å². The zero-order valence-corrected chi connectivity index (χ0v) is 13.8. The molecule has 1 atom stereocenters. The predicted octanol–water partition coefficient (Wildman–Crippen LogP) is 3.55. The van der Waals surface area contributed by atoms with Crippen LogP contribution in [-0.2, 0) is 0 Å². The first-order valence-electron chi connectivity index (χ1n) is 7.20. The highest BCUT2D eigenvalue weighted by Gasteiger charge is 2.16. The van der Waals surface area contributed by atoms with Crippen LogP contribution in [0.25, 0.3) is 0 Å². The molecule has 0 spiro atoms. The molecule has 0 amide bonds. The van der Waals surface area contributed by atoms with Crippen LogP contribution in [0.3, 0.4) is 0 Å². The van der Waals surface area contributed by atoms with Crippen molar-refractivity contribution in [2.75, 3.05) is 30.7 Å². The Morgan fingerprint density at radius 2 is 2.26 bits per heavy atom. The maximum atomic E-state index is 5.99. The number of hydrogen-bond donors (Lipinski definition) is 2. The van der Waals surface area contributed by atoms with Crippen LogP contribution in [0.5, 0.6) is 0 Å². The summed E-state index contributed by atoms with van der Waals surface area (Å²) in [5.41, 5.74) is 7.90. The van der Waals surface area contributed by atoms with Crippen LogP contribution in [0.15, 0.2) is 18.2 Å². The van der Waals surface area contributed by atoms with Crippen molar-refractivity contribution in [2.45, 2.75) is 38.6 Å². The lowest BCUT2D eigenvalue weighted by molar-refractivity contribution is 0.160. The molecule has 1 heterocycles. The summed E-state index contributed by atoms with van der Waals surface area (Å²) < 4.78 is 1.18. The minimum absolute atomic E-state index is 0.761. The lowest BCUT2D eigenvalue weighted by atomic mass is 10.0. The van der Waals surface area contributed by atoms with Crippen molar-refractivity contribution >= 4 is 34.0 Å². The first kappa shape index (κ1) is 14.9. The van der Waals surface area contributed by atoms with Crippen molar-refractivity contribution in [2.24, 2.45) is 0 Å². The SMILES string of the molecule is CC1CCCCN1CCCNc1ccc(I)cc1N. The van der Waals surface area contributed by atoms with E-state index in [1.165, 1.54) is 42.3 Å². The van der Waals surface area contributed by atoms with Gasteiger partial charge in [-0.1, -0.05) is 6.42 Å². The van der Waals surface area contributed by atoms with E-state index >= 15 is 0 Å². The predicted molar refractivity (Wildman–Crippen MR) is 91.6 cm³/mol. The van der Waals surface area contributed by atoms with Gasteiger partial charge in [-0.05, 0) is 73.5 Å². The van der Waals surface area contributed by atoms with Gasteiger partial charge in [0.2, 0.25) is 0 Å². The third-order valence-electron chi connectivity index (χ3n) is 3.89. The minimum atomic E-state index is 0.761. The van der Waals surface area contributed by atoms with Crippen LogP contribution in [0.1, 0.15) is 32.6 Å². The molecule has 106 valence electrons. The fourth-order valence-corrected chi connectivity index (χ4v) is 3.20. The fourth-order valence-electron chi connectivity index (χ4n) is 2.69. The number of nitrogens with zero attached hydrogens (tertiary/aromatic N) is 1. The van der Waals surface area contributed by atoms with Gasteiger partial charge >= 0.3 is 0 Å². The Morgan fingerprint density at radius 1 is 1.42 bits per heavy atom. The van der Waals surface area contributed by atoms with Crippen LogP contribution < -0.4 is 11.1 Å². The molecule has 0 radical (unpaired) electrons. The molecule has 0 aliphatic carbocycles. The van der Waals surface area contributed by atoms with Crippen molar-refractivity contribution in [3.63, 3.8) is 0 Å². The molecule has 0 saturated carbocycles. The number of benzene rings is 1. The first-order chi connectivity index (χ1) is 9.16. The van der Waals surface area contributed by atoms with E-state index in [9.17, 15) is 0 Å². The summed E-state index contributed by atoms with van der Waals surface area (Å²) in [7, 11) is 0. The largest absolute Gasteiger partial charge is 0.397 e. The second-order valence-electron chi connectivity index (χ2n) is 5.39. The summed E-state index contributed by atoms with van der Waals surface area (Å²) in [5.74, 6) is 0. The molecule has 1 aliphatic heterocycles. The van der Waals surface area contributed by atoms with Crippen molar-refractivity contribution in [1.82, 2.24) is 4.90 Å². The molecular formula is C15H24IN3. The quantitative estimate of drug-likeness (QED) is 0.471. The molecule has 1 aliphatic rings. The minimum Gasteiger partial charge on any atom is -0.397 e. The van der Waals surface area contributed by atoms with E-state index in [4.69, 9.17) is 5.73 Å². The van der Waals surface area contributed by atoms with Gasteiger partial charge in [0.1, 0.15) is 0 Å². The van der Waals surface area contributed by atoms with Crippen molar-refractivity contribution in [1.29, 1.82) is 0 Å².